The lowest BCUT2D eigenvalue weighted by Gasteiger charge is -2.34. The van der Waals surface area contributed by atoms with Crippen LogP contribution in [0.2, 0.25) is 0 Å². The Kier molecular flexibility index (Phi) is 13.2. The number of carbonyl (C=O) groups excluding carboxylic acids is 4. The molecule has 0 N–H and O–H groups in total. The topological polar surface area (TPSA) is 118 Å². The van der Waals surface area contributed by atoms with Gasteiger partial charge >= 0.3 is 11.9 Å². The SMILES string of the molecule is CCCSS/C(CCOC(=O)CCC(=O)OC1CCC(N(C)C(=O)c2ccc3c(c2)=NCN=3)CC1)=C(/C)N(C)C=O. The summed E-state index contributed by atoms with van der Waals surface area (Å²) in [5.74, 6) is 0.0533. The summed E-state index contributed by atoms with van der Waals surface area (Å²) in [6.07, 6.45) is 4.78. The standard InChI is InChI=1S/C29H40N4O6S2/c1-5-16-40-41-26(20(2)32(3)19-34)14-15-38-27(35)12-13-28(36)39-23-9-7-22(8-10-23)33(4)29(37)21-6-11-24-25(17-21)31-18-30-24/h6,11,17,19,22-23H,5,7-10,12-16,18H2,1-4H3/b26-20-. The Morgan fingerprint density at radius 2 is 1.73 bits per heavy atom. The molecule has 1 aromatic carbocycles. The molecule has 1 aliphatic heterocycles. The van der Waals surface area contributed by atoms with Gasteiger partial charge in [-0.05, 0) is 57.2 Å². The molecule has 2 aliphatic rings. The van der Waals surface area contributed by atoms with E-state index in [4.69, 9.17) is 9.47 Å². The summed E-state index contributed by atoms with van der Waals surface area (Å²) in [4.78, 5) is 61.6. The zero-order chi connectivity index (χ0) is 29.8. The summed E-state index contributed by atoms with van der Waals surface area (Å²) in [6, 6.07) is 5.47. The van der Waals surface area contributed by atoms with Crippen LogP contribution in [0.1, 0.15) is 75.6 Å². The zero-order valence-corrected chi connectivity index (χ0v) is 25.9. The van der Waals surface area contributed by atoms with Crippen LogP contribution in [0.3, 0.4) is 0 Å². The van der Waals surface area contributed by atoms with Crippen molar-refractivity contribution in [2.45, 2.75) is 77.4 Å². The molecule has 1 aromatic rings. The first-order chi connectivity index (χ1) is 19.7. The fraction of sp³-hybridized carbons (Fsp3) is 0.586. The number of benzene rings is 1. The van der Waals surface area contributed by atoms with E-state index in [1.165, 1.54) is 4.90 Å². The predicted octanol–water partition coefficient (Wildman–Crippen LogP) is 3.65. The Morgan fingerprint density at radius 3 is 2.44 bits per heavy atom. The van der Waals surface area contributed by atoms with Crippen molar-refractivity contribution < 1.29 is 28.7 Å². The van der Waals surface area contributed by atoms with Gasteiger partial charge in [0.2, 0.25) is 6.41 Å². The van der Waals surface area contributed by atoms with Gasteiger partial charge in [-0.15, -0.1) is 0 Å². The van der Waals surface area contributed by atoms with E-state index in [9.17, 15) is 19.2 Å². The zero-order valence-electron chi connectivity index (χ0n) is 24.3. The number of hydrogen-bond acceptors (Lipinski definition) is 10. The number of allylic oxidation sites excluding steroid dienone is 1. The van der Waals surface area contributed by atoms with Crippen LogP contribution in [0.5, 0.6) is 0 Å². The summed E-state index contributed by atoms with van der Waals surface area (Å²) >= 11 is 0. The molecule has 0 unspecified atom stereocenters. The van der Waals surface area contributed by atoms with Crippen LogP contribution >= 0.6 is 21.6 Å². The highest BCUT2D eigenvalue weighted by Crippen LogP contribution is 2.35. The summed E-state index contributed by atoms with van der Waals surface area (Å²) in [7, 11) is 6.80. The largest absolute Gasteiger partial charge is 0.465 e. The molecule has 1 aliphatic carbocycles. The van der Waals surface area contributed by atoms with Crippen LogP contribution in [0.25, 0.3) is 0 Å². The number of rotatable bonds is 15. The van der Waals surface area contributed by atoms with Crippen molar-refractivity contribution in [3.05, 3.63) is 45.1 Å². The van der Waals surface area contributed by atoms with Crippen molar-refractivity contribution >= 4 is 45.8 Å². The number of carbonyl (C=O) groups is 4. The highest BCUT2D eigenvalue weighted by molar-refractivity contribution is 8.78. The molecule has 0 spiro atoms. The lowest BCUT2D eigenvalue weighted by Crippen LogP contribution is -2.41. The van der Waals surface area contributed by atoms with Crippen LogP contribution in [-0.2, 0) is 23.9 Å². The maximum absolute atomic E-state index is 13.0. The van der Waals surface area contributed by atoms with Gasteiger partial charge < -0.3 is 19.3 Å². The molecule has 12 heteroatoms. The van der Waals surface area contributed by atoms with Crippen molar-refractivity contribution in [3.8, 4) is 0 Å². The highest BCUT2D eigenvalue weighted by atomic mass is 33.1. The number of nitrogens with zero attached hydrogens (tertiary/aromatic N) is 4. The Bertz CT molecular complexity index is 1250. The molecule has 1 saturated carbocycles. The minimum absolute atomic E-state index is 0.0382. The van der Waals surface area contributed by atoms with Crippen LogP contribution in [-0.4, -0.2) is 79.3 Å². The van der Waals surface area contributed by atoms with Gasteiger partial charge in [-0.25, -0.2) is 0 Å². The van der Waals surface area contributed by atoms with E-state index >= 15 is 0 Å². The van der Waals surface area contributed by atoms with E-state index in [1.807, 2.05) is 20.0 Å². The van der Waals surface area contributed by atoms with Gasteiger partial charge in [0.15, 0.2) is 0 Å². The third-order valence-electron chi connectivity index (χ3n) is 7.18. The number of ether oxygens (including phenoxy) is 2. The third-order valence-corrected chi connectivity index (χ3v) is 10.0. The number of fused-ring (bicyclic) bond motifs is 1. The van der Waals surface area contributed by atoms with Crippen molar-refractivity contribution in [1.82, 2.24) is 9.80 Å². The molecule has 0 atom stereocenters. The molecule has 224 valence electrons. The highest BCUT2D eigenvalue weighted by Gasteiger charge is 2.29. The molecule has 41 heavy (non-hydrogen) atoms. The van der Waals surface area contributed by atoms with Gasteiger partial charge in [0.05, 0.1) is 30.2 Å². The van der Waals surface area contributed by atoms with E-state index in [0.717, 1.165) is 52.7 Å². The lowest BCUT2D eigenvalue weighted by atomic mass is 9.91. The molecular weight excluding hydrogens is 564 g/mol. The molecule has 10 nitrogen and oxygen atoms in total. The first-order valence-electron chi connectivity index (χ1n) is 14.0. The van der Waals surface area contributed by atoms with Gasteiger partial charge in [0.25, 0.3) is 5.91 Å². The third kappa shape index (κ3) is 9.88. The van der Waals surface area contributed by atoms with Crippen molar-refractivity contribution in [1.29, 1.82) is 0 Å². The Morgan fingerprint density at radius 1 is 1.02 bits per heavy atom. The van der Waals surface area contributed by atoms with Crippen LogP contribution < -0.4 is 10.7 Å². The number of hydrogen-bond donors (Lipinski definition) is 0. The summed E-state index contributed by atoms with van der Waals surface area (Å²) in [5, 5.41) is 1.57. The van der Waals surface area contributed by atoms with Gasteiger partial charge in [-0.1, -0.05) is 28.5 Å². The Balaban J connectivity index is 1.36. The minimum Gasteiger partial charge on any atom is -0.465 e. The minimum atomic E-state index is -0.453. The molecule has 0 aromatic heterocycles. The molecule has 1 fully saturated rings. The van der Waals surface area contributed by atoms with Gasteiger partial charge in [0.1, 0.15) is 12.8 Å². The maximum atomic E-state index is 13.0. The summed E-state index contributed by atoms with van der Waals surface area (Å²) in [5.41, 5.74) is 1.42. The number of amides is 2. The monoisotopic (exact) mass is 604 g/mol. The quantitative estimate of drug-likeness (QED) is 0.129. The van der Waals surface area contributed by atoms with Crippen molar-refractivity contribution in [2.75, 3.05) is 33.1 Å². The first-order valence-corrected chi connectivity index (χ1v) is 16.3. The van der Waals surface area contributed by atoms with E-state index in [1.54, 1.807) is 45.7 Å². The fourth-order valence-corrected chi connectivity index (χ4v) is 7.17. The normalized spacial score (nSPS) is 18.2. The van der Waals surface area contributed by atoms with E-state index in [-0.39, 0.29) is 37.5 Å². The van der Waals surface area contributed by atoms with E-state index in [2.05, 4.69) is 16.9 Å². The average molecular weight is 605 g/mol. The molecule has 3 rings (SSSR count). The van der Waals surface area contributed by atoms with Gasteiger partial charge in [0, 0.05) is 48.5 Å². The predicted molar refractivity (Wildman–Crippen MR) is 160 cm³/mol. The Hall–Kier alpha value is -2.86. The second-order valence-electron chi connectivity index (χ2n) is 10.1. The van der Waals surface area contributed by atoms with Gasteiger partial charge in [-0.2, -0.15) is 0 Å². The van der Waals surface area contributed by atoms with Crippen LogP contribution in [0.15, 0.2) is 38.8 Å². The second-order valence-corrected chi connectivity index (χ2v) is 12.6. The van der Waals surface area contributed by atoms with Crippen molar-refractivity contribution in [2.24, 2.45) is 9.98 Å². The summed E-state index contributed by atoms with van der Waals surface area (Å²) < 4.78 is 11.0. The second kappa shape index (κ2) is 16.5. The molecule has 0 saturated heterocycles. The number of esters is 2. The molecular formula is C29H40N4O6S2. The van der Waals surface area contributed by atoms with Crippen molar-refractivity contribution in [3.63, 3.8) is 0 Å². The lowest BCUT2D eigenvalue weighted by molar-refractivity contribution is -0.155. The average Bonchev–Trinajstić information content (AvgIpc) is 3.46. The first kappa shape index (κ1) is 32.7. The maximum Gasteiger partial charge on any atom is 0.306 e. The molecule has 0 bridgehead atoms. The molecule has 0 radical (unpaired) electrons. The molecule has 2 amide bonds. The molecule has 1 heterocycles. The fourth-order valence-electron chi connectivity index (χ4n) is 4.56. The van der Waals surface area contributed by atoms with Crippen LogP contribution in [0.4, 0.5) is 0 Å². The van der Waals surface area contributed by atoms with E-state index in [0.29, 0.717) is 31.5 Å². The Labute approximate surface area is 249 Å². The smallest absolute Gasteiger partial charge is 0.306 e. The summed E-state index contributed by atoms with van der Waals surface area (Å²) in [6.45, 7) is 4.56. The van der Waals surface area contributed by atoms with Gasteiger partial charge in [-0.3, -0.25) is 29.2 Å². The van der Waals surface area contributed by atoms with E-state index < -0.39 is 11.9 Å². The van der Waals surface area contributed by atoms with Crippen LogP contribution in [0, 0.1) is 0 Å².